The standard InChI is InChI=1S/C24H35N3O5S/c1-17-14-27(18(2)16-28)33(30,31)23-11-8-19(7-6-12-25(3)4)13-21(23)32-22(17)15-26(5)24(29)20-9-10-20/h8,11,13,17-18,20,22,28H,9-10,12,14-16H2,1-5H3/t17-,18+,22+/m0/s1. The first-order valence-electron chi connectivity index (χ1n) is 11.4. The highest BCUT2D eigenvalue weighted by Gasteiger charge is 2.39. The maximum Gasteiger partial charge on any atom is 0.247 e. The molecule has 0 spiro atoms. The summed E-state index contributed by atoms with van der Waals surface area (Å²) in [4.78, 5) is 16.2. The molecule has 33 heavy (non-hydrogen) atoms. The van der Waals surface area contributed by atoms with E-state index in [1.807, 2.05) is 25.9 Å². The Kier molecular flexibility index (Phi) is 8.06. The second-order valence-electron chi connectivity index (χ2n) is 9.43. The molecule has 0 saturated heterocycles. The third-order valence-corrected chi connectivity index (χ3v) is 8.07. The van der Waals surface area contributed by atoms with E-state index in [0.29, 0.717) is 18.7 Å². The SMILES string of the molecule is C[C@H](CO)N1C[C@H](C)[C@@H](CN(C)C(=O)C2CC2)Oc2cc(C#CCN(C)C)ccc2S1(=O)=O. The predicted molar refractivity (Wildman–Crippen MR) is 126 cm³/mol. The lowest BCUT2D eigenvalue weighted by Crippen LogP contribution is -2.50. The second kappa shape index (κ2) is 10.4. The summed E-state index contributed by atoms with van der Waals surface area (Å²) < 4.78 is 34.6. The van der Waals surface area contributed by atoms with Crippen molar-refractivity contribution in [1.29, 1.82) is 0 Å². The zero-order valence-electron chi connectivity index (χ0n) is 20.1. The van der Waals surface area contributed by atoms with Crippen LogP contribution in [0.4, 0.5) is 0 Å². The number of fused-ring (bicyclic) bond motifs is 1. The number of amides is 1. The van der Waals surface area contributed by atoms with Gasteiger partial charge in [-0.15, -0.1) is 0 Å². The fourth-order valence-electron chi connectivity index (χ4n) is 3.82. The molecule has 182 valence electrons. The van der Waals surface area contributed by atoms with Gasteiger partial charge in [-0.3, -0.25) is 9.69 Å². The quantitative estimate of drug-likeness (QED) is 0.620. The van der Waals surface area contributed by atoms with Crippen LogP contribution in [0.1, 0.15) is 32.3 Å². The number of carbonyl (C=O) groups excluding carboxylic acids is 1. The van der Waals surface area contributed by atoms with Gasteiger partial charge in [0.25, 0.3) is 0 Å². The van der Waals surface area contributed by atoms with Crippen molar-refractivity contribution in [3.05, 3.63) is 23.8 Å². The van der Waals surface area contributed by atoms with Gasteiger partial charge in [0.15, 0.2) is 0 Å². The van der Waals surface area contributed by atoms with Gasteiger partial charge in [0.1, 0.15) is 16.7 Å². The van der Waals surface area contributed by atoms with E-state index in [1.165, 1.54) is 10.4 Å². The molecule has 1 N–H and O–H groups in total. The molecule has 1 amide bonds. The van der Waals surface area contributed by atoms with Crippen LogP contribution in [0, 0.1) is 23.7 Å². The molecule has 2 aliphatic rings. The minimum absolute atomic E-state index is 0.0500. The van der Waals surface area contributed by atoms with E-state index in [1.54, 1.807) is 31.0 Å². The van der Waals surface area contributed by atoms with Gasteiger partial charge in [0, 0.05) is 37.0 Å². The Hall–Kier alpha value is -2.12. The number of hydrogen-bond donors (Lipinski definition) is 1. The molecule has 1 aromatic carbocycles. The van der Waals surface area contributed by atoms with Gasteiger partial charge >= 0.3 is 0 Å². The normalized spacial score (nSPS) is 23.4. The van der Waals surface area contributed by atoms with Crippen molar-refractivity contribution in [3.8, 4) is 17.6 Å². The van der Waals surface area contributed by atoms with Crippen molar-refractivity contribution >= 4 is 15.9 Å². The molecule has 8 nitrogen and oxygen atoms in total. The summed E-state index contributed by atoms with van der Waals surface area (Å²) in [7, 11) is 1.72. The fraction of sp³-hybridized carbons (Fsp3) is 0.625. The van der Waals surface area contributed by atoms with Crippen LogP contribution in [-0.4, -0.2) is 93.1 Å². The highest BCUT2D eigenvalue weighted by atomic mass is 32.2. The minimum Gasteiger partial charge on any atom is -0.487 e. The van der Waals surface area contributed by atoms with Gasteiger partial charge in [-0.25, -0.2) is 8.42 Å². The Morgan fingerprint density at radius 1 is 1.30 bits per heavy atom. The summed E-state index contributed by atoms with van der Waals surface area (Å²) in [6.07, 6.45) is 1.43. The summed E-state index contributed by atoms with van der Waals surface area (Å²) in [6, 6.07) is 4.26. The average molecular weight is 478 g/mol. The number of benzene rings is 1. The third kappa shape index (κ3) is 6.07. The van der Waals surface area contributed by atoms with Crippen LogP contribution in [0.25, 0.3) is 0 Å². The average Bonchev–Trinajstić information content (AvgIpc) is 3.60. The van der Waals surface area contributed by atoms with E-state index in [2.05, 4.69) is 11.8 Å². The van der Waals surface area contributed by atoms with Crippen LogP contribution < -0.4 is 4.74 Å². The lowest BCUT2D eigenvalue weighted by atomic mass is 10.0. The number of carbonyl (C=O) groups is 1. The van der Waals surface area contributed by atoms with Crippen LogP contribution in [0.2, 0.25) is 0 Å². The third-order valence-electron chi connectivity index (χ3n) is 6.05. The van der Waals surface area contributed by atoms with Crippen molar-refractivity contribution in [2.75, 3.05) is 47.4 Å². The molecule has 3 rings (SSSR count). The molecular formula is C24H35N3O5S. The first-order chi connectivity index (χ1) is 15.5. The number of sulfonamides is 1. The van der Waals surface area contributed by atoms with Crippen molar-refractivity contribution in [3.63, 3.8) is 0 Å². The fourth-order valence-corrected chi connectivity index (χ4v) is 5.65. The second-order valence-corrected chi connectivity index (χ2v) is 11.3. The highest BCUT2D eigenvalue weighted by molar-refractivity contribution is 7.89. The first-order valence-corrected chi connectivity index (χ1v) is 12.8. The molecule has 1 fully saturated rings. The smallest absolute Gasteiger partial charge is 0.247 e. The van der Waals surface area contributed by atoms with Crippen LogP contribution in [0.5, 0.6) is 5.75 Å². The van der Waals surface area contributed by atoms with Gasteiger partial charge in [0.2, 0.25) is 15.9 Å². The molecule has 0 bridgehead atoms. The number of hydrogen-bond acceptors (Lipinski definition) is 6. The summed E-state index contributed by atoms with van der Waals surface area (Å²) in [6.45, 7) is 4.42. The molecule has 1 aliphatic heterocycles. The van der Waals surface area contributed by atoms with Gasteiger partial charge in [0.05, 0.1) is 19.7 Å². The highest BCUT2D eigenvalue weighted by Crippen LogP contribution is 2.35. The molecule has 1 aliphatic carbocycles. The number of aliphatic hydroxyl groups excluding tert-OH is 1. The Balaban J connectivity index is 2.00. The Morgan fingerprint density at radius 2 is 2.00 bits per heavy atom. The topological polar surface area (TPSA) is 90.4 Å². The largest absolute Gasteiger partial charge is 0.487 e. The molecule has 0 aromatic heterocycles. The summed E-state index contributed by atoms with van der Waals surface area (Å²) >= 11 is 0. The number of rotatable bonds is 6. The molecule has 0 unspecified atom stereocenters. The maximum absolute atomic E-state index is 13.5. The van der Waals surface area contributed by atoms with E-state index < -0.39 is 22.2 Å². The van der Waals surface area contributed by atoms with Crippen molar-refractivity contribution in [1.82, 2.24) is 14.1 Å². The number of aliphatic hydroxyl groups is 1. The molecule has 3 atom stereocenters. The Labute approximate surface area is 197 Å². The summed E-state index contributed by atoms with van der Waals surface area (Å²) in [5, 5.41) is 9.74. The molecule has 1 saturated carbocycles. The Morgan fingerprint density at radius 3 is 2.61 bits per heavy atom. The van der Waals surface area contributed by atoms with Crippen molar-refractivity contribution in [2.24, 2.45) is 11.8 Å². The van der Waals surface area contributed by atoms with E-state index in [4.69, 9.17) is 4.74 Å². The van der Waals surface area contributed by atoms with Gasteiger partial charge in [-0.2, -0.15) is 4.31 Å². The number of likely N-dealkylation sites (N-methyl/N-ethyl adjacent to an activating group) is 1. The summed E-state index contributed by atoms with van der Waals surface area (Å²) in [5.41, 5.74) is 0.655. The molecule has 0 radical (unpaired) electrons. The zero-order valence-corrected chi connectivity index (χ0v) is 20.9. The van der Waals surface area contributed by atoms with Crippen molar-refractivity contribution < 1.29 is 23.1 Å². The van der Waals surface area contributed by atoms with Crippen LogP contribution in [0.15, 0.2) is 23.1 Å². The van der Waals surface area contributed by atoms with Crippen LogP contribution >= 0.6 is 0 Å². The Bertz CT molecular complexity index is 1030. The van der Waals surface area contributed by atoms with Gasteiger partial charge < -0.3 is 14.7 Å². The first kappa shape index (κ1) is 25.5. The van der Waals surface area contributed by atoms with E-state index in [9.17, 15) is 18.3 Å². The number of nitrogens with zero attached hydrogens (tertiary/aromatic N) is 3. The lowest BCUT2D eigenvalue weighted by molar-refractivity contribution is -0.132. The summed E-state index contributed by atoms with van der Waals surface area (Å²) in [5.74, 6) is 6.33. The maximum atomic E-state index is 13.5. The monoisotopic (exact) mass is 477 g/mol. The van der Waals surface area contributed by atoms with Gasteiger partial charge in [-0.05, 0) is 52.1 Å². The van der Waals surface area contributed by atoms with Gasteiger partial charge in [-0.1, -0.05) is 18.8 Å². The van der Waals surface area contributed by atoms with E-state index in [-0.39, 0.29) is 41.5 Å². The predicted octanol–water partition coefficient (Wildman–Crippen LogP) is 1.24. The van der Waals surface area contributed by atoms with E-state index in [0.717, 1.165) is 12.8 Å². The molecule has 9 heteroatoms. The molecule has 1 aromatic rings. The number of ether oxygens (including phenoxy) is 1. The van der Waals surface area contributed by atoms with Crippen LogP contribution in [-0.2, 0) is 14.8 Å². The minimum atomic E-state index is -3.90. The van der Waals surface area contributed by atoms with E-state index >= 15 is 0 Å². The molecular weight excluding hydrogens is 442 g/mol. The lowest BCUT2D eigenvalue weighted by Gasteiger charge is -2.37. The molecule has 1 heterocycles. The van der Waals surface area contributed by atoms with Crippen molar-refractivity contribution in [2.45, 2.75) is 43.7 Å². The zero-order chi connectivity index (χ0) is 24.3. The van der Waals surface area contributed by atoms with Crippen LogP contribution in [0.3, 0.4) is 0 Å².